The number of nitrogens with zero attached hydrogens (tertiary/aromatic N) is 4. The van der Waals surface area contributed by atoms with Gasteiger partial charge in [0.2, 0.25) is 4.96 Å². The van der Waals surface area contributed by atoms with Gasteiger partial charge in [0.1, 0.15) is 0 Å². The summed E-state index contributed by atoms with van der Waals surface area (Å²) in [5, 5.41) is 4.82. The van der Waals surface area contributed by atoms with E-state index in [9.17, 15) is 0 Å². The van der Waals surface area contributed by atoms with Crippen LogP contribution in [0.25, 0.3) is 16.2 Å². The molecular formula is C10H8N4OS. The zero-order chi connectivity index (χ0) is 11.0. The molecule has 80 valence electrons. The molecule has 0 aliphatic heterocycles. The molecule has 0 aliphatic carbocycles. The molecule has 0 saturated carbocycles. The first-order valence-corrected chi connectivity index (χ1v) is 5.49. The van der Waals surface area contributed by atoms with E-state index in [1.807, 2.05) is 18.3 Å². The quantitative estimate of drug-likeness (QED) is 0.676. The van der Waals surface area contributed by atoms with E-state index >= 15 is 0 Å². The third-order valence-corrected chi connectivity index (χ3v) is 3.04. The molecule has 3 aromatic heterocycles. The predicted octanol–water partition coefficient (Wildman–Crippen LogP) is 1.86. The molecule has 16 heavy (non-hydrogen) atoms. The molecule has 0 aliphatic rings. The number of ether oxygens (including phenoxy) is 1. The van der Waals surface area contributed by atoms with Crippen molar-refractivity contribution in [3.8, 4) is 16.5 Å². The normalized spacial score (nSPS) is 10.8. The number of imidazole rings is 1. The minimum atomic E-state index is 0.611. The molecule has 0 unspecified atom stereocenters. The topological polar surface area (TPSA) is 52.3 Å². The Hall–Kier alpha value is -1.95. The van der Waals surface area contributed by atoms with Crippen LogP contribution in [0.3, 0.4) is 0 Å². The molecule has 0 radical (unpaired) electrons. The smallest absolute Gasteiger partial charge is 0.294 e. The first kappa shape index (κ1) is 9.29. The van der Waals surface area contributed by atoms with E-state index in [1.54, 1.807) is 24.0 Å². The molecule has 0 saturated heterocycles. The van der Waals surface area contributed by atoms with Crippen molar-refractivity contribution >= 4 is 16.3 Å². The second-order valence-electron chi connectivity index (χ2n) is 3.17. The van der Waals surface area contributed by atoms with Crippen LogP contribution in [-0.2, 0) is 0 Å². The maximum absolute atomic E-state index is 5.04. The Morgan fingerprint density at radius 1 is 1.44 bits per heavy atom. The van der Waals surface area contributed by atoms with Crippen LogP contribution in [0, 0.1) is 0 Å². The van der Waals surface area contributed by atoms with Crippen molar-refractivity contribution in [3.05, 3.63) is 30.7 Å². The van der Waals surface area contributed by atoms with E-state index in [4.69, 9.17) is 4.74 Å². The highest BCUT2D eigenvalue weighted by Crippen LogP contribution is 2.24. The van der Waals surface area contributed by atoms with Crippen LogP contribution in [0.5, 0.6) is 5.19 Å². The summed E-state index contributed by atoms with van der Waals surface area (Å²) in [5.41, 5.74) is 1.86. The molecule has 0 spiro atoms. The van der Waals surface area contributed by atoms with Crippen LogP contribution < -0.4 is 4.74 Å². The van der Waals surface area contributed by atoms with Crippen molar-refractivity contribution in [1.29, 1.82) is 0 Å². The van der Waals surface area contributed by atoms with E-state index in [0.29, 0.717) is 5.19 Å². The SMILES string of the molecule is COc1nn2cc(-c3cccnc3)nc2s1. The standard InChI is InChI=1S/C10H8N4OS/c1-15-10-13-14-6-8(12-9(14)16-10)7-3-2-4-11-5-7/h2-6H,1H3. The van der Waals surface area contributed by atoms with E-state index in [-0.39, 0.29) is 0 Å². The van der Waals surface area contributed by atoms with Crippen LogP contribution >= 0.6 is 11.3 Å². The van der Waals surface area contributed by atoms with Gasteiger partial charge in [0, 0.05) is 18.0 Å². The molecule has 0 atom stereocenters. The molecule has 0 amide bonds. The Morgan fingerprint density at radius 2 is 2.38 bits per heavy atom. The molecule has 6 heteroatoms. The lowest BCUT2D eigenvalue weighted by Gasteiger charge is -1.92. The third-order valence-electron chi connectivity index (χ3n) is 2.16. The average molecular weight is 232 g/mol. The van der Waals surface area contributed by atoms with E-state index in [1.165, 1.54) is 11.3 Å². The number of hydrogen-bond donors (Lipinski definition) is 0. The van der Waals surface area contributed by atoms with Crippen molar-refractivity contribution in [2.45, 2.75) is 0 Å². The monoisotopic (exact) mass is 232 g/mol. The second-order valence-corrected chi connectivity index (χ2v) is 4.09. The Bertz CT molecular complexity index is 585. The van der Waals surface area contributed by atoms with Gasteiger partial charge in [0.15, 0.2) is 0 Å². The van der Waals surface area contributed by atoms with Gasteiger partial charge in [-0.2, -0.15) is 0 Å². The molecule has 3 rings (SSSR count). The number of hydrogen-bond acceptors (Lipinski definition) is 5. The summed E-state index contributed by atoms with van der Waals surface area (Å²) in [6, 6.07) is 3.85. The van der Waals surface area contributed by atoms with Crippen molar-refractivity contribution in [3.63, 3.8) is 0 Å². The Kier molecular flexibility index (Phi) is 2.07. The van der Waals surface area contributed by atoms with Crippen LogP contribution in [0.15, 0.2) is 30.7 Å². The summed E-state index contributed by atoms with van der Waals surface area (Å²) in [6.45, 7) is 0. The van der Waals surface area contributed by atoms with Gasteiger partial charge < -0.3 is 4.74 Å². The zero-order valence-corrected chi connectivity index (χ0v) is 9.31. The minimum absolute atomic E-state index is 0.611. The summed E-state index contributed by atoms with van der Waals surface area (Å²) < 4.78 is 6.75. The first-order valence-electron chi connectivity index (χ1n) is 4.67. The second kappa shape index (κ2) is 3.57. The largest absolute Gasteiger partial charge is 0.472 e. The van der Waals surface area contributed by atoms with Gasteiger partial charge in [0.25, 0.3) is 5.19 Å². The minimum Gasteiger partial charge on any atom is -0.472 e. The maximum Gasteiger partial charge on any atom is 0.294 e. The maximum atomic E-state index is 5.04. The predicted molar refractivity (Wildman–Crippen MR) is 60.6 cm³/mol. The van der Waals surface area contributed by atoms with Gasteiger partial charge in [-0.1, -0.05) is 0 Å². The lowest BCUT2D eigenvalue weighted by molar-refractivity contribution is 0.405. The Morgan fingerprint density at radius 3 is 3.06 bits per heavy atom. The fourth-order valence-electron chi connectivity index (χ4n) is 1.42. The van der Waals surface area contributed by atoms with Gasteiger partial charge in [-0.3, -0.25) is 4.98 Å². The van der Waals surface area contributed by atoms with Crippen LogP contribution in [-0.4, -0.2) is 26.7 Å². The number of rotatable bonds is 2. The number of fused-ring (bicyclic) bond motifs is 1. The fraction of sp³-hybridized carbons (Fsp3) is 0.100. The van der Waals surface area contributed by atoms with Gasteiger partial charge >= 0.3 is 0 Å². The van der Waals surface area contributed by atoms with Gasteiger partial charge in [-0.05, 0) is 23.5 Å². The van der Waals surface area contributed by atoms with Crippen LogP contribution in [0.2, 0.25) is 0 Å². The Balaban J connectivity index is 2.10. The van der Waals surface area contributed by atoms with E-state index in [0.717, 1.165) is 16.2 Å². The fourth-order valence-corrected chi connectivity index (χ4v) is 2.12. The summed E-state index contributed by atoms with van der Waals surface area (Å²) in [6.07, 6.45) is 5.39. The third kappa shape index (κ3) is 1.43. The molecule has 5 nitrogen and oxygen atoms in total. The Labute approximate surface area is 95.4 Å². The molecular weight excluding hydrogens is 224 g/mol. The zero-order valence-electron chi connectivity index (χ0n) is 8.49. The van der Waals surface area contributed by atoms with Gasteiger partial charge in [0.05, 0.1) is 19.0 Å². The summed E-state index contributed by atoms with van der Waals surface area (Å²) in [4.78, 5) is 9.32. The van der Waals surface area contributed by atoms with Crippen molar-refractivity contribution in [1.82, 2.24) is 19.6 Å². The molecule has 0 bridgehead atoms. The molecule has 0 fully saturated rings. The summed E-state index contributed by atoms with van der Waals surface area (Å²) >= 11 is 1.41. The highest BCUT2D eigenvalue weighted by Gasteiger charge is 2.09. The molecule has 3 heterocycles. The highest BCUT2D eigenvalue weighted by atomic mass is 32.1. The van der Waals surface area contributed by atoms with Crippen molar-refractivity contribution < 1.29 is 4.74 Å². The average Bonchev–Trinajstić information content (AvgIpc) is 2.87. The number of aromatic nitrogens is 4. The first-order chi connectivity index (χ1) is 7.86. The lowest BCUT2D eigenvalue weighted by atomic mass is 10.2. The van der Waals surface area contributed by atoms with E-state index in [2.05, 4.69) is 15.1 Å². The van der Waals surface area contributed by atoms with Crippen molar-refractivity contribution in [2.24, 2.45) is 0 Å². The molecule has 0 N–H and O–H groups in total. The van der Waals surface area contributed by atoms with Crippen LogP contribution in [0.1, 0.15) is 0 Å². The molecule has 3 aromatic rings. The lowest BCUT2D eigenvalue weighted by Crippen LogP contribution is -1.84. The van der Waals surface area contributed by atoms with E-state index < -0.39 is 0 Å². The van der Waals surface area contributed by atoms with Crippen LogP contribution in [0.4, 0.5) is 0 Å². The number of methoxy groups -OCH3 is 1. The number of pyridine rings is 1. The van der Waals surface area contributed by atoms with Gasteiger partial charge in [-0.25, -0.2) is 9.50 Å². The summed E-state index contributed by atoms with van der Waals surface area (Å²) in [7, 11) is 1.60. The molecule has 0 aromatic carbocycles. The van der Waals surface area contributed by atoms with Gasteiger partial charge in [-0.15, -0.1) is 5.10 Å². The summed E-state index contributed by atoms with van der Waals surface area (Å²) in [5.74, 6) is 0. The highest BCUT2D eigenvalue weighted by molar-refractivity contribution is 7.18. The van der Waals surface area contributed by atoms with Crippen molar-refractivity contribution in [2.75, 3.05) is 7.11 Å².